The van der Waals surface area contributed by atoms with Crippen molar-refractivity contribution in [1.29, 1.82) is 0 Å². The van der Waals surface area contributed by atoms with Crippen LogP contribution in [0.3, 0.4) is 0 Å². The Morgan fingerprint density at radius 2 is 0.727 bits per heavy atom. The van der Waals surface area contributed by atoms with Crippen molar-refractivity contribution in [2.45, 2.75) is 0 Å². The molecule has 0 N–H and O–H groups in total. The zero-order valence-electron chi connectivity index (χ0n) is 36.3. The summed E-state index contributed by atoms with van der Waals surface area (Å²) in [6, 6.07) is 96.8. The van der Waals surface area contributed by atoms with E-state index in [4.69, 9.17) is 0 Å². The van der Waals surface area contributed by atoms with E-state index in [0.717, 1.165) is 28.3 Å². The molecule has 0 spiro atoms. The molecule has 0 amide bonds. The number of fused-ring (bicyclic) bond motifs is 5. The fraction of sp³-hybridized carbons (Fsp3) is 0. The van der Waals surface area contributed by atoms with Crippen LogP contribution < -0.4 is 4.90 Å². The Morgan fingerprint density at radius 1 is 0.273 bits per heavy atom. The lowest BCUT2D eigenvalue weighted by molar-refractivity contribution is 1.19. The Balaban J connectivity index is 1.00. The molecule has 2 nitrogen and oxygen atoms in total. The molecule has 66 heavy (non-hydrogen) atoms. The maximum absolute atomic E-state index is 2.45. The van der Waals surface area contributed by atoms with Crippen molar-refractivity contribution >= 4 is 49.6 Å². The van der Waals surface area contributed by atoms with Gasteiger partial charge in [-0.25, -0.2) is 0 Å². The predicted octanol–water partition coefficient (Wildman–Crippen LogP) is 17.7. The highest BCUT2D eigenvalue weighted by Crippen LogP contribution is 2.45. The van der Waals surface area contributed by atoms with E-state index in [1.807, 2.05) is 0 Å². The monoisotopic (exact) mass is 840 g/mol. The molecule has 11 aromatic carbocycles. The Kier molecular flexibility index (Phi) is 9.89. The zero-order chi connectivity index (χ0) is 43.8. The van der Waals surface area contributed by atoms with Crippen LogP contribution in [0.15, 0.2) is 267 Å². The first-order valence-corrected chi connectivity index (χ1v) is 22.7. The molecule has 0 radical (unpaired) electrons. The summed E-state index contributed by atoms with van der Waals surface area (Å²) in [4.78, 5) is 2.39. The van der Waals surface area contributed by atoms with Crippen LogP contribution in [0, 0.1) is 0 Å². The summed E-state index contributed by atoms with van der Waals surface area (Å²) in [5.41, 5.74) is 18.8. The van der Waals surface area contributed by atoms with Gasteiger partial charge in [0.05, 0.1) is 11.0 Å². The van der Waals surface area contributed by atoms with Crippen LogP contribution in [-0.2, 0) is 0 Å². The van der Waals surface area contributed by atoms with Crippen molar-refractivity contribution in [3.05, 3.63) is 267 Å². The van der Waals surface area contributed by atoms with E-state index in [-0.39, 0.29) is 0 Å². The molecule has 0 aliphatic heterocycles. The average Bonchev–Trinajstić information content (AvgIpc) is 3.75. The summed E-state index contributed by atoms with van der Waals surface area (Å²) in [6.45, 7) is 0. The van der Waals surface area contributed by atoms with Gasteiger partial charge in [0.15, 0.2) is 0 Å². The Bertz CT molecular complexity index is 3650. The Hall–Kier alpha value is -8.72. The van der Waals surface area contributed by atoms with Gasteiger partial charge in [-0.3, -0.25) is 0 Å². The number of hydrogen-bond donors (Lipinski definition) is 0. The minimum atomic E-state index is 1.08. The molecule has 12 aromatic rings. The van der Waals surface area contributed by atoms with Crippen LogP contribution in [0.1, 0.15) is 0 Å². The number of aromatic nitrogens is 1. The van der Waals surface area contributed by atoms with Crippen LogP contribution in [0.5, 0.6) is 0 Å². The fourth-order valence-corrected chi connectivity index (χ4v) is 9.85. The number of hydrogen-bond acceptors (Lipinski definition) is 1. The molecule has 310 valence electrons. The Labute approximate surface area is 385 Å². The molecule has 12 rings (SSSR count). The van der Waals surface area contributed by atoms with Crippen molar-refractivity contribution in [2.24, 2.45) is 0 Å². The number of rotatable bonds is 9. The normalized spacial score (nSPS) is 11.3. The van der Waals surface area contributed by atoms with Gasteiger partial charge in [0.25, 0.3) is 0 Å². The Morgan fingerprint density at radius 3 is 1.36 bits per heavy atom. The molecule has 0 saturated heterocycles. The minimum Gasteiger partial charge on any atom is -0.310 e. The molecular weight excluding hydrogens is 797 g/mol. The van der Waals surface area contributed by atoms with Gasteiger partial charge in [-0.05, 0) is 122 Å². The molecule has 0 fully saturated rings. The van der Waals surface area contributed by atoms with Crippen LogP contribution >= 0.6 is 0 Å². The topological polar surface area (TPSA) is 8.17 Å². The maximum atomic E-state index is 2.45. The first-order chi connectivity index (χ1) is 32.7. The lowest BCUT2D eigenvalue weighted by Gasteiger charge is -2.27. The number of nitrogens with zero attached hydrogens (tertiary/aromatic N) is 2. The third-order valence-electron chi connectivity index (χ3n) is 13.0. The zero-order valence-corrected chi connectivity index (χ0v) is 36.3. The third kappa shape index (κ3) is 7.02. The van der Waals surface area contributed by atoms with Gasteiger partial charge >= 0.3 is 0 Å². The van der Waals surface area contributed by atoms with E-state index < -0.39 is 0 Å². The molecule has 0 unspecified atom stereocenters. The average molecular weight is 841 g/mol. The van der Waals surface area contributed by atoms with Crippen molar-refractivity contribution in [2.75, 3.05) is 4.90 Å². The quantitative estimate of drug-likeness (QED) is 0.141. The summed E-state index contributed by atoms with van der Waals surface area (Å²) in [7, 11) is 0. The highest BCUT2D eigenvalue weighted by Gasteiger charge is 2.21. The molecule has 1 aromatic heterocycles. The third-order valence-corrected chi connectivity index (χ3v) is 13.0. The van der Waals surface area contributed by atoms with Crippen LogP contribution in [-0.4, -0.2) is 4.57 Å². The lowest BCUT2D eigenvalue weighted by atomic mass is 9.94. The minimum absolute atomic E-state index is 1.08. The van der Waals surface area contributed by atoms with E-state index in [1.165, 1.54) is 82.6 Å². The number of anilines is 3. The second kappa shape index (κ2) is 16.8. The summed E-state index contributed by atoms with van der Waals surface area (Å²) >= 11 is 0. The van der Waals surface area contributed by atoms with E-state index in [0.29, 0.717) is 0 Å². The van der Waals surface area contributed by atoms with E-state index in [1.54, 1.807) is 0 Å². The van der Waals surface area contributed by atoms with Crippen molar-refractivity contribution in [3.8, 4) is 61.3 Å². The molecule has 2 heteroatoms. The molecule has 0 bridgehead atoms. The lowest BCUT2D eigenvalue weighted by Crippen LogP contribution is -2.10. The second-order valence-electron chi connectivity index (χ2n) is 16.9. The summed E-state index contributed by atoms with van der Waals surface area (Å²) < 4.78 is 2.45. The van der Waals surface area contributed by atoms with Gasteiger partial charge < -0.3 is 9.47 Å². The summed E-state index contributed by atoms with van der Waals surface area (Å²) in [5, 5.41) is 4.93. The molecule has 0 saturated carbocycles. The standard InChI is InChI=1S/C64H44N2/c1-4-17-45(18-5-1)46-31-33-47(34-32-46)48-35-39-54(40-36-48)65(55-41-37-50(38-42-55)58-27-13-12-26-57(58)49-19-6-2-7-20-49)56-25-16-22-51(43-56)61-44-52-21-10-11-28-59(52)64-63(61)60-29-14-15-30-62(60)66(64)53-23-8-3-9-24-53/h1-44H. The second-order valence-corrected chi connectivity index (χ2v) is 16.9. The highest BCUT2D eigenvalue weighted by molar-refractivity contribution is 6.24. The maximum Gasteiger partial charge on any atom is 0.0625 e. The van der Waals surface area contributed by atoms with Gasteiger partial charge in [-0.15, -0.1) is 0 Å². The predicted molar refractivity (Wildman–Crippen MR) is 280 cm³/mol. The fourth-order valence-electron chi connectivity index (χ4n) is 9.85. The van der Waals surface area contributed by atoms with Crippen molar-refractivity contribution < 1.29 is 0 Å². The van der Waals surface area contributed by atoms with E-state index in [2.05, 4.69) is 276 Å². The van der Waals surface area contributed by atoms with E-state index >= 15 is 0 Å². The summed E-state index contributed by atoms with van der Waals surface area (Å²) in [5.74, 6) is 0. The largest absolute Gasteiger partial charge is 0.310 e. The molecule has 0 aliphatic rings. The van der Waals surface area contributed by atoms with Gasteiger partial charge in [0, 0.05) is 38.9 Å². The SMILES string of the molecule is c1ccc(-c2ccc(-c3ccc(N(c4ccc(-c5ccccc5-c5ccccc5)cc4)c4cccc(-c5cc6ccccc6c6c5c5ccccc5n6-c5ccccc5)c4)cc3)cc2)cc1. The van der Waals surface area contributed by atoms with Crippen molar-refractivity contribution in [1.82, 2.24) is 4.57 Å². The van der Waals surface area contributed by atoms with Crippen molar-refractivity contribution in [3.63, 3.8) is 0 Å². The summed E-state index contributed by atoms with van der Waals surface area (Å²) in [6.07, 6.45) is 0. The molecule has 0 aliphatic carbocycles. The van der Waals surface area contributed by atoms with Crippen LogP contribution in [0.2, 0.25) is 0 Å². The van der Waals surface area contributed by atoms with Gasteiger partial charge in [-0.2, -0.15) is 0 Å². The number of benzene rings is 11. The number of para-hydroxylation sites is 2. The highest BCUT2D eigenvalue weighted by atomic mass is 15.1. The molecule has 0 atom stereocenters. The molecular formula is C64H44N2. The van der Waals surface area contributed by atoms with Gasteiger partial charge in [-0.1, -0.05) is 206 Å². The first-order valence-electron chi connectivity index (χ1n) is 22.7. The van der Waals surface area contributed by atoms with Crippen LogP contribution in [0.4, 0.5) is 17.1 Å². The smallest absolute Gasteiger partial charge is 0.0625 e. The van der Waals surface area contributed by atoms with Crippen LogP contribution in [0.25, 0.3) is 93.9 Å². The first kappa shape index (κ1) is 38.9. The van der Waals surface area contributed by atoms with Gasteiger partial charge in [0.1, 0.15) is 0 Å². The molecule has 1 heterocycles. The van der Waals surface area contributed by atoms with Gasteiger partial charge in [0.2, 0.25) is 0 Å². The van der Waals surface area contributed by atoms with E-state index in [9.17, 15) is 0 Å².